The van der Waals surface area contributed by atoms with Crippen LogP contribution < -0.4 is 10.3 Å². The molecular weight excluding hydrogens is 483 g/mol. The summed E-state index contributed by atoms with van der Waals surface area (Å²) < 4.78 is 44.4. The van der Waals surface area contributed by atoms with Crippen LogP contribution in [-0.4, -0.2) is 26.1 Å². The lowest BCUT2D eigenvalue weighted by atomic mass is 10.1. The topological polar surface area (TPSA) is 165 Å². The number of aromatic nitrogens is 2. The molecule has 0 unspecified atom stereocenters. The lowest BCUT2D eigenvalue weighted by Gasteiger charge is -2.11. The van der Waals surface area contributed by atoms with Crippen molar-refractivity contribution in [1.29, 1.82) is 5.26 Å². The molecule has 0 aliphatic heterocycles. The van der Waals surface area contributed by atoms with E-state index in [1.165, 1.54) is 24.3 Å². The standard InChI is InChI=1S/C19H10F3N5O6S/c1-34-18-24-15(12(8-23)17(28)25-18)9-2-4-11(5-3-9)33-16-13(26(29)30)6-10(19(20,21)22)7-14(16)27(31)32/h2-7H,1H3,(H,24,25,28). The van der Waals surface area contributed by atoms with Crippen LogP contribution in [0.1, 0.15) is 11.1 Å². The number of nitrogens with one attached hydrogen (secondary N) is 1. The molecule has 0 saturated heterocycles. The molecular formula is C19H10F3N5O6S. The zero-order valence-electron chi connectivity index (χ0n) is 16.7. The quantitative estimate of drug-likeness (QED) is 0.222. The summed E-state index contributed by atoms with van der Waals surface area (Å²) in [6.07, 6.45) is -3.42. The first-order chi connectivity index (χ1) is 16.0. The highest BCUT2D eigenvalue weighted by Crippen LogP contribution is 2.44. The Labute approximate surface area is 191 Å². The number of hydrogen-bond donors (Lipinski definition) is 1. The maximum absolute atomic E-state index is 13.0. The second-order valence-electron chi connectivity index (χ2n) is 6.39. The predicted molar refractivity (Wildman–Crippen MR) is 112 cm³/mol. The summed E-state index contributed by atoms with van der Waals surface area (Å²) >= 11 is 1.12. The number of rotatable bonds is 6. The molecule has 0 radical (unpaired) electrons. The van der Waals surface area contributed by atoms with Gasteiger partial charge in [0.15, 0.2) is 5.16 Å². The molecule has 174 valence electrons. The van der Waals surface area contributed by atoms with E-state index in [4.69, 9.17) is 4.74 Å². The first-order valence-corrected chi connectivity index (χ1v) is 10.1. The minimum atomic E-state index is -5.07. The number of alkyl halides is 3. The van der Waals surface area contributed by atoms with Crippen molar-refractivity contribution in [2.45, 2.75) is 11.3 Å². The molecule has 3 rings (SSSR count). The highest BCUT2D eigenvalue weighted by molar-refractivity contribution is 7.98. The fraction of sp³-hybridized carbons (Fsp3) is 0.105. The number of hydrogen-bond acceptors (Lipinski definition) is 9. The van der Waals surface area contributed by atoms with Crippen molar-refractivity contribution < 1.29 is 27.8 Å². The van der Waals surface area contributed by atoms with Crippen LogP contribution in [-0.2, 0) is 6.18 Å². The minimum absolute atomic E-state index is 0.0358. The van der Waals surface area contributed by atoms with Gasteiger partial charge in [-0.15, -0.1) is 0 Å². The summed E-state index contributed by atoms with van der Waals surface area (Å²) in [5.41, 5.74) is -4.72. The van der Waals surface area contributed by atoms with Gasteiger partial charge in [0, 0.05) is 17.7 Å². The SMILES string of the molecule is CSc1nc(-c2ccc(Oc3c([N+](=O)[O-])cc(C(F)(F)F)cc3[N+](=O)[O-])cc2)c(C#N)c(=O)[nH]1. The van der Waals surface area contributed by atoms with Gasteiger partial charge in [-0.2, -0.15) is 18.4 Å². The molecule has 2 aromatic carbocycles. The van der Waals surface area contributed by atoms with Gasteiger partial charge >= 0.3 is 17.6 Å². The Bertz CT molecular complexity index is 1360. The number of benzene rings is 2. The zero-order valence-corrected chi connectivity index (χ0v) is 17.6. The van der Waals surface area contributed by atoms with Crippen molar-refractivity contribution in [3.05, 3.63) is 78.1 Å². The minimum Gasteiger partial charge on any atom is -0.444 e. The number of nitro benzene ring substituents is 2. The van der Waals surface area contributed by atoms with E-state index in [9.17, 15) is 43.5 Å². The Balaban J connectivity index is 2.08. The highest BCUT2D eigenvalue weighted by atomic mass is 32.2. The van der Waals surface area contributed by atoms with Crippen LogP contribution in [0, 0.1) is 31.6 Å². The predicted octanol–water partition coefficient (Wildman–Crippen LogP) is 4.66. The van der Waals surface area contributed by atoms with Crippen molar-refractivity contribution in [3.8, 4) is 28.8 Å². The maximum atomic E-state index is 13.0. The Morgan fingerprint density at radius 3 is 2.12 bits per heavy atom. The monoisotopic (exact) mass is 493 g/mol. The van der Waals surface area contributed by atoms with Gasteiger partial charge in [-0.25, -0.2) is 4.98 Å². The van der Waals surface area contributed by atoms with E-state index in [0.29, 0.717) is 0 Å². The van der Waals surface area contributed by atoms with Gasteiger partial charge in [-0.3, -0.25) is 25.0 Å². The van der Waals surface area contributed by atoms with Gasteiger partial charge < -0.3 is 9.72 Å². The van der Waals surface area contributed by atoms with E-state index in [1.54, 1.807) is 12.3 Å². The Morgan fingerprint density at radius 1 is 1.12 bits per heavy atom. The molecule has 1 N–H and O–H groups in total. The Morgan fingerprint density at radius 2 is 1.68 bits per heavy atom. The summed E-state index contributed by atoms with van der Waals surface area (Å²) in [7, 11) is 0. The summed E-state index contributed by atoms with van der Waals surface area (Å²) in [4.78, 5) is 38.9. The zero-order chi connectivity index (χ0) is 25.2. The van der Waals surface area contributed by atoms with E-state index in [2.05, 4.69) is 9.97 Å². The number of halogens is 3. The smallest absolute Gasteiger partial charge is 0.416 e. The van der Waals surface area contributed by atoms with Crippen molar-refractivity contribution in [1.82, 2.24) is 9.97 Å². The third-order valence-electron chi connectivity index (χ3n) is 4.32. The van der Waals surface area contributed by atoms with Crippen molar-refractivity contribution in [3.63, 3.8) is 0 Å². The van der Waals surface area contributed by atoms with Gasteiger partial charge in [0.1, 0.15) is 17.4 Å². The first kappa shape index (κ1) is 24.2. The molecule has 0 bridgehead atoms. The molecule has 3 aromatic rings. The van der Waals surface area contributed by atoms with E-state index in [0.717, 1.165) is 11.8 Å². The third kappa shape index (κ3) is 4.81. The average Bonchev–Trinajstić information content (AvgIpc) is 2.77. The first-order valence-electron chi connectivity index (χ1n) is 8.87. The van der Waals surface area contributed by atoms with E-state index >= 15 is 0 Å². The summed E-state index contributed by atoms with van der Waals surface area (Å²) in [5.74, 6) is -1.18. The largest absolute Gasteiger partial charge is 0.444 e. The van der Waals surface area contributed by atoms with E-state index in [1.807, 2.05) is 0 Å². The molecule has 0 fully saturated rings. The number of nitro groups is 2. The second-order valence-corrected chi connectivity index (χ2v) is 7.19. The van der Waals surface area contributed by atoms with Crippen LogP contribution in [0.25, 0.3) is 11.3 Å². The fourth-order valence-corrected chi connectivity index (χ4v) is 3.18. The molecule has 1 heterocycles. The number of aromatic amines is 1. The van der Waals surface area contributed by atoms with Crippen molar-refractivity contribution in [2.24, 2.45) is 0 Å². The number of ether oxygens (including phenoxy) is 1. The number of nitriles is 1. The lowest BCUT2D eigenvalue weighted by molar-refractivity contribution is -0.396. The normalized spacial score (nSPS) is 11.0. The van der Waals surface area contributed by atoms with Crippen LogP contribution in [0.4, 0.5) is 24.5 Å². The molecule has 11 nitrogen and oxygen atoms in total. The van der Waals surface area contributed by atoms with Gasteiger partial charge in [0.05, 0.1) is 21.1 Å². The van der Waals surface area contributed by atoms with Gasteiger partial charge in [-0.1, -0.05) is 11.8 Å². The molecule has 15 heteroatoms. The van der Waals surface area contributed by atoms with Crippen molar-refractivity contribution >= 4 is 23.1 Å². The summed E-state index contributed by atoms with van der Waals surface area (Å²) in [6.45, 7) is 0. The Hall–Kier alpha value is -4.45. The number of H-pyrrole nitrogens is 1. The van der Waals surface area contributed by atoms with Crippen LogP contribution in [0.2, 0.25) is 0 Å². The molecule has 0 spiro atoms. The molecule has 0 atom stereocenters. The number of nitrogens with zero attached hydrogens (tertiary/aromatic N) is 4. The van der Waals surface area contributed by atoms with Gasteiger partial charge in [0.2, 0.25) is 0 Å². The molecule has 34 heavy (non-hydrogen) atoms. The molecule has 0 aliphatic carbocycles. The van der Waals surface area contributed by atoms with E-state index < -0.39 is 44.3 Å². The second kappa shape index (κ2) is 9.19. The van der Waals surface area contributed by atoms with Gasteiger partial charge in [0.25, 0.3) is 11.3 Å². The number of thioether (sulfide) groups is 1. The van der Waals surface area contributed by atoms with Crippen LogP contribution in [0.5, 0.6) is 11.5 Å². The van der Waals surface area contributed by atoms with E-state index in [-0.39, 0.29) is 39.9 Å². The molecule has 0 aliphatic rings. The molecule has 0 saturated carbocycles. The lowest BCUT2D eigenvalue weighted by Crippen LogP contribution is -2.14. The third-order valence-corrected chi connectivity index (χ3v) is 4.90. The fourth-order valence-electron chi connectivity index (χ4n) is 2.80. The van der Waals surface area contributed by atoms with Crippen LogP contribution >= 0.6 is 11.8 Å². The highest BCUT2D eigenvalue weighted by Gasteiger charge is 2.38. The summed E-state index contributed by atoms with van der Waals surface area (Å²) in [5, 5.41) is 32.2. The molecule has 0 amide bonds. The molecule has 1 aromatic heterocycles. The maximum Gasteiger partial charge on any atom is 0.416 e. The van der Waals surface area contributed by atoms with Crippen molar-refractivity contribution in [2.75, 3.05) is 6.26 Å². The van der Waals surface area contributed by atoms with Gasteiger partial charge in [-0.05, 0) is 30.5 Å². The summed E-state index contributed by atoms with van der Waals surface area (Å²) in [6, 6.07) is 7.06. The average molecular weight is 493 g/mol. The van der Waals surface area contributed by atoms with Crippen LogP contribution in [0.3, 0.4) is 0 Å². The Kier molecular flexibility index (Phi) is 6.54. The van der Waals surface area contributed by atoms with Crippen LogP contribution in [0.15, 0.2) is 46.3 Å².